The van der Waals surface area contributed by atoms with E-state index in [1.54, 1.807) is 17.8 Å². The Morgan fingerprint density at radius 1 is 1.35 bits per heavy atom. The average molecular weight is 242 g/mol. The van der Waals surface area contributed by atoms with Gasteiger partial charge in [-0.05, 0) is 20.8 Å². The summed E-state index contributed by atoms with van der Waals surface area (Å²) in [5, 5.41) is 13.0. The van der Waals surface area contributed by atoms with Crippen molar-refractivity contribution in [2.75, 3.05) is 5.32 Å². The molecule has 0 aliphatic carbocycles. The van der Waals surface area contributed by atoms with Crippen LogP contribution in [0.1, 0.15) is 53.0 Å². The van der Waals surface area contributed by atoms with E-state index in [4.69, 9.17) is 0 Å². The fraction of sp³-hybridized carbons (Fsp3) is 0.615. The van der Waals surface area contributed by atoms with Crippen molar-refractivity contribution < 1.29 is 9.90 Å². The molecule has 0 saturated carbocycles. The van der Waals surface area contributed by atoms with Gasteiger partial charge >= 0.3 is 0 Å². The van der Waals surface area contributed by atoms with Crippen LogP contribution in [-0.4, -0.2) is 21.0 Å². The predicted molar refractivity (Wildman–Crippen MR) is 73.9 cm³/mol. The molecule has 0 aliphatic rings. The Kier molecular flexibility index (Phi) is 6.07. The van der Waals surface area contributed by atoms with E-state index >= 15 is 0 Å². The highest BCUT2D eigenvalue weighted by molar-refractivity contribution is 5.97. The van der Waals surface area contributed by atoms with E-state index in [1.165, 1.54) is 6.92 Å². The summed E-state index contributed by atoms with van der Waals surface area (Å²) in [5.41, 5.74) is 0.782. The maximum atomic E-state index is 11.3. The Labute approximate surface area is 105 Å². The molecule has 1 aromatic heterocycles. The van der Waals surface area contributed by atoms with Crippen LogP contribution < -0.4 is 5.32 Å². The van der Waals surface area contributed by atoms with Crippen molar-refractivity contribution in [2.24, 2.45) is 7.05 Å². The van der Waals surface area contributed by atoms with Crippen LogP contribution in [0.5, 0.6) is 5.75 Å². The van der Waals surface area contributed by atoms with Crippen LogP contribution in [0.4, 0.5) is 5.69 Å². The second kappa shape index (κ2) is 5.75. The van der Waals surface area contributed by atoms with Crippen molar-refractivity contribution >= 4 is 11.5 Å². The Hall–Kier alpha value is -1.45. The van der Waals surface area contributed by atoms with Gasteiger partial charge in [0.2, 0.25) is 0 Å². The molecule has 0 saturated heterocycles. The Bertz CT molecular complexity index is 387. The maximum Gasteiger partial charge on any atom is 0.180 e. The van der Waals surface area contributed by atoms with Gasteiger partial charge in [0.25, 0.3) is 0 Å². The molecule has 0 bridgehead atoms. The molecule has 0 aliphatic heterocycles. The number of nitrogens with one attached hydrogen (secondary N) is 1. The summed E-state index contributed by atoms with van der Waals surface area (Å²) in [5.74, 6) is -0.114. The number of aryl methyl sites for hydroxylation is 1. The quantitative estimate of drug-likeness (QED) is 0.781. The number of rotatable bonds is 2. The lowest BCUT2D eigenvalue weighted by Gasteiger charge is -2.21. The number of hydrogen-bond acceptors (Lipinski definition) is 3. The SMILES string of the molecule is C.C.CC(=O)c1c(O)c(NC(C)(C)C)cn1C. The molecule has 4 nitrogen and oxygen atoms in total. The normalized spacial score (nSPS) is 10.2. The van der Waals surface area contributed by atoms with E-state index < -0.39 is 0 Å². The monoisotopic (exact) mass is 242 g/mol. The van der Waals surface area contributed by atoms with Crippen molar-refractivity contribution in [3.05, 3.63) is 11.9 Å². The second-order valence-corrected chi connectivity index (χ2v) is 4.78. The number of nitrogens with zero attached hydrogens (tertiary/aromatic N) is 1. The fourth-order valence-corrected chi connectivity index (χ4v) is 1.52. The number of carbonyl (C=O) groups is 1. The minimum Gasteiger partial charge on any atom is -0.504 e. The number of ketones is 1. The van der Waals surface area contributed by atoms with E-state index in [9.17, 15) is 9.90 Å². The highest BCUT2D eigenvalue weighted by Gasteiger charge is 2.19. The molecule has 1 rings (SSSR count). The largest absolute Gasteiger partial charge is 0.504 e. The summed E-state index contributed by atoms with van der Waals surface area (Å²) >= 11 is 0. The summed E-state index contributed by atoms with van der Waals surface area (Å²) in [7, 11) is 1.74. The summed E-state index contributed by atoms with van der Waals surface area (Å²) in [6.45, 7) is 7.42. The third-order valence-corrected chi connectivity index (χ3v) is 2.00. The number of aromatic nitrogens is 1. The number of anilines is 1. The summed E-state index contributed by atoms with van der Waals surface area (Å²) < 4.78 is 1.63. The van der Waals surface area contributed by atoms with Gasteiger partial charge < -0.3 is 15.0 Å². The molecule has 0 spiro atoms. The lowest BCUT2D eigenvalue weighted by molar-refractivity contribution is 0.100. The van der Waals surface area contributed by atoms with Crippen molar-refractivity contribution in [1.29, 1.82) is 0 Å². The van der Waals surface area contributed by atoms with Crippen LogP contribution in [0, 0.1) is 0 Å². The molecule has 0 fully saturated rings. The first-order chi connectivity index (χ1) is 6.72. The first kappa shape index (κ1) is 17.9. The molecule has 17 heavy (non-hydrogen) atoms. The Morgan fingerprint density at radius 3 is 2.12 bits per heavy atom. The van der Waals surface area contributed by atoms with Crippen LogP contribution in [0.2, 0.25) is 0 Å². The number of aromatic hydroxyl groups is 1. The first-order valence-electron chi connectivity index (χ1n) is 4.90. The average Bonchev–Trinajstić information content (AvgIpc) is 2.23. The van der Waals surface area contributed by atoms with Gasteiger partial charge in [-0.1, -0.05) is 14.9 Å². The third-order valence-electron chi connectivity index (χ3n) is 2.00. The minimum atomic E-state index is -0.146. The van der Waals surface area contributed by atoms with Gasteiger partial charge in [0.1, 0.15) is 5.69 Å². The van der Waals surface area contributed by atoms with E-state index in [0.29, 0.717) is 11.4 Å². The first-order valence-corrected chi connectivity index (χ1v) is 4.90. The van der Waals surface area contributed by atoms with Crippen molar-refractivity contribution in [1.82, 2.24) is 4.57 Å². The van der Waals surface area contributed by atoms with Crippen molar-refractivity contribution in [3.63, 3.8) is 0 Å². The zero-order valence-corrected chi connectivity index (χ0v) is 9.88. The summed E-state index contributed by atoms with van der Waals surface area (Å²) in [4.78, 5) is 11.3. The molecule has 0 atom stereocenters. The van der Waals surface area contributed by atoms with Crippen LogP contribution in [-0.2, 0) is 7.05 Å². The molecule has 0 radical (unpaired) electrons. The number of Topliss-reactive ketones (excluding diaryl/α,β-unsaturated/α-hetero) is 1. The zero-order chi connectivity index (χ0) is 11.8. The molecule has 2 N–H and O–H groups in total. The molecule has 1 heterocycles. The highest BCUT2D eigenvalue weighted by atomic mass is 16.3. The molecular weight excluding hydrogens is 216 g/mol. The topological polar surface area (TPSA) is 54.3 Å². The number of hydrogen-bond donors (Lipinski definition) is 2. The Balaban J connectivity index is 0. The highest BCUT2D eigenvalue weighted by Crippen LogP contribution is 2.31. The molecular formula is C13H26N2O2. The smallest absolute Gasteiger partial charge is 0.180 e. The fourth-order valence-electron chi connectivity index (χ4n) is 1.52. The van der Waals surface area contributed by atoms with E-state index in [0.717, 1.165) is 0 Å². The molecule has 0 aromatic carbocycles. The Morgan fingerprint density at radius 2 is 1.82 bits per heavy atom. The predicted octanol–water partition coefficient (Wildman–Crippen LogP) is 3.42. The lowest BCUT2D eigenvalue weighted by atomic mass is 10.1. The van der Waals surface area contributed by atoms with E-state index in [2.05, 4.69) is 5.32 Å². The van der Waals surface area contributed by atoms with Gasteiger partial charge in [0, 0.05) is 25.7 Å². The van der Waals surface area contributed by atoms with E-state index in [1.807, 2.05) is 20.8 Å². The minimum absolute atomic E-state index is 0. The van der Waals surface area contributed by atoms with Crippen molar-refractivity contribution in [3.8, 4) is 5.75 Å². The summed E-state index contributed by atoms with van der Waals surface area (Å²) in [6, 6.07) is 0. The van der Waals surface area contributed by atoms with Gasteiger partial charge in [-0.25, -0.2) is 0 Å². The van der Waals surface area contributed by atoms with Crippen LogP contribution in [0.3, 0.4) is 0 Å². The van der Waals surface area contributed by atoms with Gasteiger partial charge in [-0.2, -0.15) is 0 Å². The third kappa shape index (κ3) is 4.13. The van der Waals surface area contributed by atoms with Crippen LogP contribution >= 0.6 is 0 Å². The van der Waals surface area contributed by atoms with Gasteiger partial charge in [-0.15, -0.1) is 0 Å². The summed E-state index contributed by atoms with van der Waals surface area (Å²) in [6.07, 6.45) is 1.72. The molecule has 100 valence electrons. The second-order valence-electron chi connectivity index (χ2n) is 4.78. The van der Waals surface area contributed by atoms with Gasteiger partial charge in [-0.3, -0.25) is 4.79 Å². The van der Waals surface area contributed by atoms with Crippen LogP contribution in [0.15, 0.2) is 6.20 Å². The van der Waals surface area contributed by atoms with Crippen molar-refractivity contribution in [2.45, 2.75) is 48.1 Å². The standard InChI is InChI=1S/C11H18N2O2.2CH4/c1-7(14)9-10(15)8(6-13(9)5)12-11(2,3)4;;/h6,12,15H,1-5H3;2*1H4. The maximum absolute atomic E-state index is 11.3. The molecule has 4 heteroatoms. The number of carbonyl (C=O) groups excluding carboxylic acids is 1. The zero-order valence-electron chi connectivity index (χ0n) is 9.88. The van der Waals surface area contributed by atoms with E-state index in [-0.39, 0.29) is 31.9 Å². The molecule has 0 unspecified atom stereocenters. The molecule has 1 aromatic rings. The van der Waals surface area contributed by atoms with Gasteiger partial charge in [0.05, 0.1) is 5.69 Å². The molecule has 0 amide bonds. The van der Waals surface area contributed by atoms with Gasteiger partial charge in [0.15, 0.2) is 11.5 Å². The van der Waals surface area contributed by atoms with Crippen LogP contribution in [0.25, 0.3) is 0 Å². The lowest BCUT2D eigenvalue weighted by Crippen LogP contribution is -2.25.